The molecular formula is C14H8Cl2O6S. The fraction of sp³-hybridized carbons (Fsp3) is 0.0714. The van der Waals surface area contributed by atoms with E-state index in [0.717, 1.165) is 6.07 Å². The summed E-state index contributed by atoms with van der Waals surface area (Å²) in [7, 11) is -4.01. The lowest BCUT2D eigenvalue weighted by Crippen LogP contribution is -2.28. The summed E-state index contributed by atoms with van der Waals surface area (Å²) in [6, 6.07) is 8.23. The quantitative estimate of drug-likeness (QED) is 0.887. The Kier molecular flexibility index (Phi) is 3.87. The van der Waals surface area contributed by atoms with Crippen LogP contribution >= 0.6 is 23.2 Å². The molecular weight excluding hydrogens is 367 g/mol. The van der Waals surface area contributed by atoms with E-state index in [1.54, 1.807) is 6.07 Å². The molecule has 1 atom stereocenters. The van der Waals surface area contributed by atoms with Crippen molar-refractivity contribution in [1.82, 2.24) is 0 Å². The van der Waals surface area contributed by atoms with Crippen LogP contribution in [0.15, 0.2) is 46.2 Å². The fourth-order valence-electron chi connectivity index (χ4n) is 2.04. The third kappa shape index (κ3) is 2.71. The second-order valence-electron chi connectivity index (χ2n) is 4.57. The molecule has 1 unspecified atom stereocenters. The zero-order valence-corrected chi connectivity index (χ0v) is 13.5. The van der Waals surface area contributed by atoms with Gasteiger partial charge in [0.25, 0.3) is 0 Å². The van der Waals surface area contributed by atoms with Crippen LogP contribution in [0.3, 0.4) is 0 Å². The van der Waals surface area contributed by atoms with Crippen molar-refractivity contribution in [3.63, 3.8) is 0 Å². The molecule has 2 aromatic rings. The maximum absolute atomic E-state index is 12.7. The summed E-state index contributed by atoms with van der Waals surface area (Å²) in [6.45, 7) is 0. The van der Waals surface area contributed by atoms with Crippen LogP contribution in [0.4, 0.5) is 0 Å². The molecule has 0 saturated heterocycles. The molecule has 6 nitrogen and oxygen atoms in total. The smallest absolute Gasteiger partial charge is 0.387 e. The van der Waals surface area contributed by atoms with Crippen molar-refractivity contribution >= 4 is 39.0 Å². The summed E-state index contributed by atoms with van der Waals surface area (Å²) in [5.74, 6) is -1.30. The number of hydrogen-bond acceptors (Lipinski definition) is 5. The van der Waals surface area contributed by atoms with E-state index in [1.165, 1.54) is 24.3 Å². The van der Waals surface area contributed by atoms with Crippen LogP contribution in [0.2, 0.25) is 10.0 Å². The van der Waals surface area contributed by atoms with E-state index in [-0.39, 0.29) is 31.3 Å². The molecule has 2 aromatic carbocycles. The predicted molar refractivity (Wildman–Crippen MR) is 81.0 cm³/mol. The number of carbonyl (C=O) groups is 1. The van der Waals surface area contributed by atoms with Gasteiger partial charge in [0.1, 0.15) is 0 Å². The van der Waals surface area contributed by atoms with Crippen LogP contribution in [0.25, 0.3) is 0 Å². The van der Waals surface area contributed by atoms with Gasteiger partial charge in [0.05, 0.1) is 19.8 Å². The second-order valence-corrected chi connectivity index (χ2v) is 7.27. The summed E-state index contributed by atoms with van der Waals surface area (Å²) in [6.07, 6.45) is -1.54. The first-order valence-corrected chi connectivity index (χ1v) is 8.44. The first-order valence-electron chi connectivity index (χ1n) is 6.20. The zero-order valence-electron chi connectivity index (χ0n) is 11.2. The van der Waals surface area contributed by atoms with Crippen LogP contribution < -0.4 is 9.47 Å². The Morgan fingerprint density at radius 2 is 1.61 bits per heavy atom. The summed E-state index contributed by atoms with van der Waals surface area (Å²) in [4.78, 5) is 10.5. The van der Waals surface area contributed by atoms with Crippen LogP contribution in [0.1, 0.15) is 0 Å². The highest BCUT2D eigenvalue weighted by Crippen LogP contribution is 2.42. The Labute approximate surface area is 141 Å². The van der Waals surface area contributed by atoms with Crippen molar-refractivity contribution in [2.45, 2.75) is 16.1 Å². The standard InChI is InChI=1S/C14H8Cl2O6S/c15-7-3-1-2-4-11(7)23(19,20)12-6-10-9(5-8(12)16)21-14(22-10)13(17)18/h1-6,14H,(H,17,18). The number of carboxylic acid groups (broad SMARTS) is 1. The van der Waals surface area contributed by atoms with E-state index in [2.05, 4.69) is 0 Å². The Balaban J connectivity index is 2.11. The first kappa shape index (κ1) is 15.9. The maximum Gasteiger partial charge on any atom is 0.387 e. The van der Waals surface area contributed by atoms with Gasteiger partial charge in [-0.25, -0.2) is 13.2 Å². The molecule has 1 heterocycles. The predicted octanol–water partition coefficient (Wildman–Crippen LogP) is 3.01. The highest BCUT2D eigenvalue weighted by molar-refractivity contribution is 7.91. The largest absolute Gasteiger partial charge is 0.476 e. The normalized spacial score (nSPS) is 16.3. The molecule has 120 valence electrons. The minimum atomic E-state index is -4.01. The van der Waals surface area contributed by atoms with Crippen molar-refractivity contribution in [3.8, 4) is 11.5 Å². The molecule has 0 radical (unpaired) electrons. The van der Waals surface area contributed by atoms with Gasteiger partial charge in [-0.1, -0.05) is 35.3 Å². The molecule has 23 heavy (non-hydrogen) atoms. The van der Waals surface area contributed by atoms with Gasteiger partial charge >= 0.3 is 12.3 Å². The molecule has 0 aromatic heterocycles. The van der Waals surface area contributed by atoms with Crippen LogP contribution in [-0.2, 0) is 14.6 Å². The van der Waals surface area contributed by atoms with Crippen molar-refractivity contribution in [1.29, 1.82) is 0 Å². The highest BCUT2D eigenvalue weighted by Gasteiger charge is 2.34. The highest BCUT2D eigenvalue weighted by atomic mass is 35.5. The molecule has 0 bridgehead atoms. The summed E-state index contributed by atoms with van der Waals surface area (Å²) >= 11 is 12.0. The van der Waals surface area contributed by atoms with Crippen LogP contribution in [-0.4, -0.2) is 25.8 Å². The number of carboxylic acids is 1. The molecule has 1 aliphatic rings. The van der Waals surface area contributed by atoms with E-state index in [4.69, 9.17) is 37.8 Å². The molecule has 1 N–H and O–H groups in total. The summed E-state index contributed by atoms with van der Waals surface area (Å²) in [5.41, 5.74) is 0. The first-order chi connectivity index (χ1) is 10.8. The molecule has 0 saturated carbocycles. The Morgan fingerprint density at radius 1 is 1.00 bits per heavy atom. The third-order valence-electron chi connectivity index (χ3n) is 3.08. The van der Waals surface area contributed by atoms with Gasteiger partial charge in [0, 0.05) is 12.1 Å². The lowest BCUT2D eigenvalue weighted by atomic mass is 10.3. The Hall–Kier alpha value is -1.96. The third-order valence-corrected chi connectivity index (χ3v) is 5.80. The molecule has 9 heteroatoms. The molecule has 0 amide bonds. The van der Waals surface area contributed by atoms with Crippen molar-refractivity contribution in [2.75, 3.05) is 0 Å². The lowest BCUT2D eigenvalue weighted by Gasteiger charge is -2.09. The van der Waals surface area contributed by atoms with E-state index in [9.17, 15) is 13.2 Å². The van der Waals surface area contributed by atoms with Gasteiger partial charge in [0.15, 0.2) is 11.5 Å². The number of halogens is 2. The molecule has 3 rings (SSSR count). The summed E-state index contributed by atoms with van der Waals surface area (Å²) in [5, 5.41) is 8.80. The van der Waals surface area contributed by atoms with Gasteiger partial charge < -0.3 is 14.6 Å². The van der Waals surface area contributed by atoms with Crippen molar-refractivity contribution in [3.05, 3.63) is 46.4 Å². The molecule has 0 aliphatic carbocycles. The van der Waals surface area contributed by atoms with Crippen molar-refractivity contribution < 1.29 is 27.8 Å². The van der Waals surface area contributed by atoms with Crippen molar-refractivity contribution in [2.24, 2.45) is 0 Å². The molecule has 0 spiro atoms. The molecule has 1 aliphatic heterocycles. The second kappa shape index (κ2) is 5.59. The monoisotopic (exact) mass is 374 g/mol. The number of aliphatic carboxylic acids is 1. The van der Waals surface area contributed by atoms with Gasteiger partial charge in [0.2, 0.25) is 9.84 Å². The number of ether oxygens (including phenoxy) is 2. The van der Waals surface area contributed by atoms with Gasteiger partial charge in [-0.15, -0.1) is 0 Å². The minimum Gasteiger partial charge on any atom is -0.476 e. The van der Waals surface area contributed by atoms with E-state index in [1.807, 2.05) is 0 Å². The number of hydrogen-bond donors (Lipinski definition) is 1. The van der Waals surface area contributed by atoms with Gasteiger partial charge in [-0.05, 0) is 12.1 Å². The lowest BCUT2D eigenvalue weighted by molar-refractivity contribution is -0.154. The van der Waals surface area contributed by atoms with Gasteiger partial charge in [-0.2, -0.15) is 0 Å². The Bertz CT molecular complexity index is 909. The average Bonchev–Trinajstić information content (AvgIpc) is 2.89. The fourth-order valence-corrected chi connectivity index (χ4v) is 4.34. The van der Waals surface area contributed by atoms with E-state index < -0.39 is 22.1 Å². The summed E-state index contributed by atoms with van der Waals surface area (Å²) < 4.78 is 35.5. The number of sulfone groups is 1. The number of rotatable bonds is 3. The number of fused-ring (bicyclic) bond motifs is 1. The topological polar surface area (TPSA) is 89.9 Å². The molecule has 0 fully saturated rings. The van der Waals surface area contributed by atoms with Gasteiger partial charge in [-0.3, -0.25) is 0 Å². The Morgan fingerprint density at radius 3 is 2.22 bits per heavy atom. The van der Waals surface area contributed by atoms with E-state index >= 15 is 0 Å². The van der Waals surface area contributed by atoms with Crippen LogP contribution in [0, 0.1) is 0 Å². The SMILES string of the molecule is O=C(O)C1Oc2cc(Cl)c(S(=O)(=O)c3ccccc3Cl)cc2O1. The zero-order chi connectivity index (χ0) is 16.8. The number of benzene rings is 2. The maximum atomic E-state index is 12.7. The van der Waals surface area contributed by atoms with E-state index in [0.29, 0.717) is 0 Å². The average molecular weight is 375 g/mol. The van der Waals surface area contributed by atoms with Crippen LogP contribution in [0.5, 0.6) is 11.5 Å². The minimum absolute atomic E-state index is 0.0209.